The minimum Gasteiger partial charge on any atom is -0.444 e. The predicted molar refractivity (Wildman–Crippen MR) is 133 cm³/mol. The molecule has 0 atom stereocenters. The van der Waals surface area contributed by atoms with Crippen molar-refractivity contribution in [2.24, 2.45) is 5.92 Å². The highest BCUT2D eigenvalue weighted by Crippen LogP contribution is 2.25. The topological polar surface area (TPSA) is 67.7 Å². The van der Waals surface area contributed by atoms with Gasteiger partial charge in [0.2, 0.25) is 0 Å². The molecule has 1 aliphatic rings. The normalized spacial score (nSPS) is 14.9. The molecule has 0 N–H and O–H groups in total. The van der Waals surface area contributed by atoms with Crippen LogP contribution >= 0.6 is 0 Å². The molecule has 0 unspecified atom stereocenters. The Hall–Kier alpha value is -3.35. The van der Waals surface area contributed by atoms with Crippen molar-refractivity contribution in [2.45, 2.75) is 45.6 Å². The van der Waals surface area contributed by atoms with Crippen LogP contribution in [0.1, 0.15) is 49.5 Å². The summed E-state index contributed by atoms with van der Waals surface area (Å²) in [7, 11) is 3.51. The van der Waals surface area contributed by atoms with E-state index in [9.17, 15) is 9.59 Å². The van der Waals surface area contributed by atoms with Crippen LogP contribution in [0.15, 0.2) is 48.8 Å². The Bertz CT molecular complexity index is 1170. The first-order valence-electron chi connectivity index (χ1n) is 11.9. The number of hydrogen-bond acceptors (Lipinski definition) is 4. The number of fused-ring (bicyclic) bond motifs is 1. The molecule has 1 fully saturated rings. The van der Waals surface area contributed by atoms with Crippen LogP contribution in [-0.2, 0) is 11.2 Å². The minimum atomic E-state index is -0.460. The SMILES string of the molecule is CN(C)C(=O)c1ccc2c(ccn2-c2ccc(CC3CCN(C(=O)OC(C)(C)C)CC3)cn2)c1. The summed E-state index contributed by atoms with van der Waals surface area (Å²) in [4.78, 5) is 32.6. The molecule has 34 heavy (non-hydrogen) atoms. The number of amides is 2. The predicted octanol–water partition coefficient (Wildman–Crippen LogP) is 4.92. The minimum absolute atomic E-state index is 0.00550. The highest BCUT2D eigenvalue weighted by Gasteiger charge is 2.27. The van der Waals surface area contributed by atoms with E-state index in [0.29, 0.717) is 11.5 Å². The molecule has 7 nitrogen and oxygen atoms in total. The van der Waals surface area contributed by atoms with Gasteiger partial charge in [0.05, 0.1) is 5.52 Å². The zero-order valence-corrected chi connectivity index (χ0v) is 20.7. The van der Waals surface area contributed by atoms with Crippen molar-refractivity contribution in [1.29, 1.82) is 0 Å². The van der Waals surface area contributed by atoms with Crippen molar-refractivity contribution in [3.05, 3.63) is 59.9 Å². The van der Waals surface area contributed by atoms with Crippen LogP contribution in [0.2, 0.25) is 0 Å². The Labute approximate surface area is 201 Å². The van der Waals surface area contributed by atoms with E-state index >= 15 is 0 Å². The number of carbonyl (C=O) groups is 2. The Morgan fingerprint density at radius 2 is 1.82 bits per heavy atom. The monoisotopic (exact) mass is 462 g/mol. The number of likely N-dealkylation sites (tertiary alicyclic amines) is 1. The van der Waals surface area contributed by atoms with E-state index < -0.39 is 5.60 Å². The van der Waals surface area contributed by atoms with E-state index in [2.05, 4.69) is 6.07 Å². The quantitative estimate of drug-likeness (QED) is 0.552. The van der Waals surface area contributed by atoms with E-state index in [4.69, 9.17) is 9.72 Å². The Balaban J connectivity index is 1.38. The Morgan fingerprint density at radius 3 is 2.44 bits per heavy atom. The number of carbonyl (C=O) groups excluding carboxylic acids is 2. The number of ether oxygens (including phenoxy) is 1. The van der Waals surface area contributed by atoms with E-state index in [1.54, 1.807) is 19.0 Å². The van der Waals surface area contributed by atoms with Crippen LogP contribution in [-0.4, -0.2) is 64.1 Å². The van der Waals surface area contributed by atoms with Gasteiger partial charge < -0.3 is 19.1 Å². The van der Waals surface area contributed by atoms with E-state index in [-0.39, 0.29) is 12.0 Å². The molecule has 1 saturated heterocycles. The number of piperidine rings is 1. The lowest BCUT2D eigenvalue weighted by atomic mass is 9.91. The van der Waals surface area contributed by atoms with Crippen LogP contribution in [0.4, 0.5) is 4.79 Å². The van der Waals surface area contributed by atoms with Gasteiger partial charge in [-0.05, 0) is 81.8 Å². The number of nitrogens with zero attached hydrogens (tertiary/aromatic N) is 4. The van der Waals surface area contributed by atoms with Gasteiger partial charge in [-0.15, -0.1) is 0 Å². The molecule has 2 amide bonds. The lowest BCUT2D eigenvalue weighted by Gasteiger charge is -2.33. The van der Waals surface area contributed by atoms with E-state index in [0.717, 1.165) is 49.1 Å². The standard InChI is InChI=1S/C27H34N4O3/c1-27(2,3)34-26(33)30-13-10-19(11-14-30)16-20-6-9-24(28-18-20)31-15-12-21-17-22(7-8-23(21)31)25(32)29(4)5/h6-9,12,15,17-19H,10-11,13-14,16H2,1-5H3. The van der Waals surface area contributed by atoms with Gasteiger partial charge in [-0.2, -0.15) is 0 Å². The summed E-state index contributed by atoms with van der Waals surface area (Å²) in [6, 6.07) is 11.9. The van der Waals surface area contributed by atoms with Crippen molar-refractivity contribution >= 4 is 22.9 Å². The molecular weight excluding hydrogens is 428 g/mol. The largest absolute Gasteiger partial charge is 0.444 e. The van der Waals surface area contributed by atoms with Gasteiger partial charge in [0.15, 0.2) is 0 Å². The number of rotatable bonds is 4. The number of benzene rings is 1. The molecular formula is C27H34N4O3. The molecule has 7 heteroatoms. The fourth-order valence-corrected chi connectivity index (χ4v) is 4.39. The van der Waals surface area contributed by atoms with E-state index in [1.807, 2.05) is 73.0 Å². The summed E-state index contributed by atoms with van der Waals surface area (Å²) < 4.78 is 7.54. The van der Waals surface area contributed by atoms with Gasteiger partial charge in [0.1, 0.15) is 11.4 Å². The summed E-state index contributed by atoms with van der Waals surface area (Å²) in [6.45, 7) is 7.16. The summed E-state index contributed by atoms with van der Waals surface area (Å²) in [5.41, 5.74) is 2.44. The maximum atomic E-state index is 12.3. The van der Waals surface area contributed by atoms with Gasteiger partial charge in [-0.3, -0.25) is 4.79 Å². The van der Waals surface area contributed by atoms with Crippen LogP contribution in [0, 0.1) is 5.92 Å². The molecule has 0 spiro atoms. The Morgan fingerprint density at radius 1 is 1.09 bits per heavy atom. The second kappa shape index (κ2) is 9.49. The molecule has 180 valence electrons. The molecule has 0 saturated carbocycles. The lowest BCUT2D eigenvalue weighted by Crippen LogP contribution is -2.42. The maximum absolute atomic E-state index is 12.3. The molecule has 2 aromatic heterocycles. The first-order chi connectivity index (χ1) is 16.1. The number of hydrogen-bond donors (Lipinski definition) is 0. The van der Waals surface area contributed by atoms with Crippen molar-refractivity contribution in [1.82, 2.24) is 19.4 Å². The molecule has 0 bridgehead atoms. The van der Waals surface area contributed by atoms with Crippen molar-refractivity contribution < 1.29 is 14.3 Å². The van der Waals surface area contributed by atoms with Crippen LogP contribution in [0.3, 0.4) is 0 Å². The third kappa shape index (κ3) is 5.41. The fraction of sp³-hybridized carbons (Fsp3) is 0.444. The third-order valence-corrected chi connectivity index (χ3v) is 6.19. The van der Waals surface area contributed by atoms with Crippen LogP contribution < -0.4 is 0 Å². The van der Waals surface area contributed by atoms with Crippen molar-refractivity contribution in [3.63, 3.8) is 0 Å². The Kier molecular flexibility index (Phi) is 6.64. The number of pyridine rings is 1. The van der Waals surface area contributed by atoms with Gasteiger partial charge in [0, 0.05) is 50.5 Å². The fourth-order valence-electron chi connectivity index (χ4n) is 4.39. The molecule has 3 aromatic rings. The molecule has 0 aliphatic carbocycles. The van der Waals surface area contributed by atoms with Crippen molar-refractivity contribution in [2.75, 3.05) is 27.2 Å². The average molecular weight is 463 g/mol. The summed E-state index contributed by atoms with van der Waals surface area (Å²) in [6.07, 6.45) is 6.62. The van der Waals surface area contributed by atoms with Gasteiger partial charge in [0.25, 0.3) is 5.91 Å². The smallest absolute Gasteiger partial charge is 0.410 e. The van der Waals surface area contributed by atoms with Gasteiger partial charge >= 0.3 is 6.09 Å². The lowest BCUT2D eigenvalue weighted by molar-refractivity contribution is 0.0184. The molecule has 3 heterocycles. The summed E-state index contributed by atoms with van der Waals surface area (Å²) >= 11 is 0. The first kappa shape index (κ1) is 23.8. The van der Waals surface area contributed by atoms with Crippen molar-refractivity contribution in [3.8, 4) is 5.82 Å². The zero-order valence-electron chi connectivity index (χ0n) is 20.7. The zero-order chi connectivity index (χ0) is 24.5. The average Bonchev–Trinajstić information content (AvgIpc) is 3.21. The molecule has 4 rings (SSSR count). The van der Waals surface area contributed by atoms with E-state index in [1.165, 1.54) is 5.56 Å². The van der Waals surface area contributed by atoms with Gasteiger partial charge in [-0.1, -0.05) is 6.07 Å². The maximum Gasteiger partial charge on any atom is 0.410 e. The van der Waals surface area contributed by atoms with Crippen LogP contribution in [0.5, 0.6) is 0 Å². The molecule has 1 aliphatic heterocycles. The molecule has 1 aromatic carbocycles. The highest BCUT2D eigenvalue weighted by atomic mass is 16.6. The first-order valence-corrected chi connectivity index (χ1v) is 11.9. The number of aromatic nitrogens is 2. The summed E-state index contributed by atoms with van der Waals surface area (Å²) in [5.74, 6) is 1.38. The molecule has 0 radical (unpaired) electrons. The second-order valence-electron chi connectivity index (χ2n) is 10.3. The van der Waals surface area contributed by atoms with Gasteiger partial charge in [-0.25, -0.2) is 9.78 Å². The highest BCUT2D eigenvalue weighted by molar-refractivity contribution is 5.98. The second-order valence-corrected chi connectivity index (χ2v) is 10.3. The summed E-state index contributed by atoms with van der Waals surface area (Å²) in [5, 5.41) is 1.01. The third-order valence-electron chi connectivity index (χ3n) is 6.19. The van der Waals surface area contributed by atoms with Crippen LogP contribution in [0.25, 0.3) is 16.7 Å².